The van der Waals surface area contributed by atoms with Crippen LogP contribution in [0.15, 0.2) is 133 Å². The molecule has 0 aromatic heterocycles. The predicted octanol–water partition coefficient (Wildman–Crippen LogP) is 15.6. The normalized spacial score (nSPS) is 11.9. The molecule has 0 spiro atoms. The summed E-state index contributed by atoms with van der Waals surface area (Å²) in [6, 6.07) is 49.3. The van der Waals surface area contributed by atoms with Crippen molar-refractivity contribution in [3.05, 3.63) is 156 Å². The van der Waals surface area contributed by atoms with Crippen LogP contribution in [0.4, 0.5) is 34.1 Å². The van der Waals surface area contributed by atoms with Crippen LogP contribution in [0, 0.1) is 0 Å². The van der Waals surface area contributed by atoms with Crippen LogP contribution in [0.2, 0.25) is 0 Å². The first kappa shape index (κ1) is 39.5. The zero-order valence-electron chi connectivity index (χ0n) is 35.6. The maximum atomic E-state index is 6.00. The van der Waals surface area contributed by atoms with Crippen molar-refractivity contribution in [2.45, 2.75) is 85.5 Å². The smallest absolute Gasteiger partial charge is 0.119 e. The number of anilines is 6. The van der Waals surface area contributed by atoms with Crippen molar-refractivity contribution >= 4 is 55.7 Å². The molecule has 0 atom stereocenters. The van der Waals surface area contributed by atoms with Crippen molar-refractivity contribution in [1.82, 2.24) is 0 Å². The maximum absolute atomic E-state index is 6.00. The summed E-state index contributed by atoms with van der Waals surface area (Å²) in [7, 11) is 3.50. The maximum Gasteiger partial charge on any atom is 0.119 e. The summed E-state index contributed by atoms with van der Waals surface area (Å²) >= 11 is 0. The standard InChI is InChI=1S/C53H58N2O2/c1-34(2)37-12-20-41(21-13-37)54(42-22-14-38(15-23-42)35(3)4)51-47-30-28-46(57-11)33-50(47)52(48-31-29-45(56-10)32-49(48)51)55(43-24-16-39(17-25-43)36(5)6)44-26-18-40(19-27-44)53(7,8)9/h12-36H,1-11H3. The van der Waals surface area contributed by atoms with Gasteiger partial charge in [-0.1, -0.05) is 111 Å². The molecule has 4 nitrogen and oxygen atoms in total. The summed E-state index contributed by atoms with van der Waals surface area (Å²) in [5.41, 5.74) is 11.7. The van der Waals surface area contributed by atoms with Gasteiger partial charge in [-0.15, -0.1) is 0 Å². The fraction of sp³-hybridized carbons (Fsp3) is 0.283. The van der Waals surface area contributed by atoms with Crippen LogP contribution in [0.5, 0.6) is 11.5 Å². The van der Waals surface area contributed by atoms with E-state index in [2.05, 4.69) is 206 Å². The van der Waals surface area contributed by atoms with Gasteiger partial charge in [0.25, 0.3) is 0 Å². The lowest BCUT2D eigenvalue weighted by molar-refractivity contribution is 0.415. The molecule has 0 aliphatic carbocycles. The van der Waals surface area contributed by atoms with Crippen LogP contribution < -0.4 is 19.3 Å². The molecule has 292 valence electrons. The minimum Gasteiger partial charge on any atom is -0.497 e. The van der Waals surface area contributed by atoms with E-state index >= 15 is 0 Å². The van der Waals surface area contributed by atoms with Gasteiger partial charge in [-0.2, -0.15) is 0 Å². The first-order valence-corrected chi connectivity index (χ1v) is 20.4. The van der Waals surface area contributed by atoms with Crippen molar-refractivity contribution < 1.29 is 9.47 Å². The average molecular weight is 755 g/mol. The Morgan fingerprint density at radius 3 is 0.947 bits per heavy atom. The topological polar surface area (TPSA) is 24.9 Å². The second kappa shape index (κ2) is 16.0. The van der Waals surface area contributed by atoms with Crippen LogP contribution in [0.1, 0.15) is 102 Å². The third kappa shape index (κ3) is 7.83. The molecule has 7 aromatic rings. The van der Waals surface area contributed by atoms with Gasteiger partial charge in [0, 0.05) is 44.3 Å². The van der Waals surface area contributed by atoms with Crippen LogP contribution in [-0.2, 0) is 5.41 Å². The first-order chi connectivity index (χ1) is 27.3. The van der Waals surface area contributed by atoms with Crippen LogP contribution in [-0.4, -0.2) is 14.2 Å². The van der Waals surface area contributed by atoms with Gasteiger partial charge in [-0.25, -0.2) is 0 Å². The Hall–Kier alpha value is -5.74. The van der Waals surface area contributed by atoms with Crippen LogP contribution in [0.3, 0.4) is 0 Å². The van der Waals surface area contributed by atoms with E-state index in [9.17, 15) is 0 Å². The summed E-state index contributed by atoms with van der Waals surface area (Å²) in [6.07, 6.45) is 0. The third-order valence-electron chi connectivity index (χ3n) is 11.4. The Morgan fingerprint density at radius 2 is 0.684 bits per heavy atom. The lowest BCUT2D eigenvalue weighted by Crippen LogP contribution is -2.15. The number of ether oxygens (including phenoxy) is 2. The van der Waals surface area contributed by atoms with Crippen molar-refractivity contribution in [3.63, 3.8) is 0 Å². The summed E-state index contributed by atoms with van der Waals surface area (Å²) in [5, 5.41) is 4.36. The number of rotatable bonds is 11. The van der Waals surface area contributed by atoms with Gasteiger partial charge >= 0.3 is 0 Å². The van der Waals surface area contributed by atoms with E-state index in [1.54, 1.807) is 14.2 Å². The molecule has 0 heterocycles. The lowest BCUT2D eigenvalue weighted by Gasteiger charge is -2.33. The fourth-order valence-corrected chi connectivity index (χ4v) is 7.83. The zero-order chi connectivity index (χ0) is 40.6. The highest BCUT2D eigenvalue weighted by Crippen LogP contribution is 2.52. The van der Waals surface area contributed by atoms with E-state index in [0.29, 0.717) is 17.8 Å². The Bertz CT molecular complexity index is 2420. The summed E-state index contributed by atoms with van der Waals surface area (Å²) in [4.78, 5) is 4.85. The monoisotopic (exact) mass is 754 g/mol. The molecule has 0 saturated carbocycles. The first-order valence-electron chi connectivity index (χ1n) is 20.4. The average Bonchev–Trinajstić information content (AvgIpc) is 3.21. The molecule has 0 radical (unpaired) electrons. The molecule has 0 fully saturated rings. The number of nitrogens with zero attached hydrogens (tertiary/aromatic N) is 2. The van der Waals surface area contributed by atoms with E-state index in [4.69, 9.17) is 9.47 Å². The highest BCUT2D eigenvalue weighted by atomic mass is 16.5. The highest BCUT2D eigenvalue weighted by Gasteiger charge is 2.27. The van der Waals surface area contributed by atoms with E-state index in [1.807, 2.05) is 0 Å². The lowest BCUT2D eigenvalue weighted by atomic mass is 9.87. The molecule has 0 N–H and O–H groups in total. The van der Waals surface area contributed by atoms with Gasteiger partial charge in [-0.3, -0.25) is 0 Å². The van der Waals surface area contributed by atoms with Crippen molar-refractivity contribution in [3.8, 4) is 11.5 Å². The van der Waals surface area contributed by atoms with E-state index in [1.165, 1.54) is 22.3 Å². The molecule has 4 heteroatoms. The SMILES string of the molecule is COc1ccc2c(N(c3ccc(C(C)C)cc3)c3ccc(C(C)(C)C)cc3)c3cc(OC)ccc3c(N(c3ccc(C(C)C)cc3)c3ccc(C(C)C)cc3)c2c1. The Labute approximate surface area is 340 Å². The molecule has 57 heavy (non-hydrogen) atoms. The Morgan fingerprint density at radius 1 is 0.386 bits per heavy atom. The molecule has 0 unspecified atom stereocenters. The highest BCUT2D eigenvalue weighted by molar-refractivity contribution is 6.23. The van der Waals surface area contributed by atoms with E-state index in [0.717, 1.165) is 67.2 Å². The second-order valence-electron chi connectivity index (χ2n) is 17.2. The van der Waals surface area contributed by atoms with Crippen molar-refractivity contribution in [2.24, 2.45) is 0 Å². The third-order valence-corrected chi connectivity index (χ3v) is 11.4. The number of methoxy groups -OCH3 is 2. The predicted molar refractivity (Wildman–Crippen MR) is 245 cm³/mol. The molecular weight excluding hydrogens is 697 g/mol. The van der Waals surface area contributed by atoms with Crippen molar-refractivity contribution in [2.75, 3.05) is 24.0 Å². The zero-order valence-corrected chi connectivity index (χ0v) is 35.6. The van der Waals surface area contributed by atoms with Gasteiger partial charge < -0.3 is 19.3 Å². The summed E-state index contributed by atoms with van der Waals surface area (Å²) in [6.45, 7) is 20.3. The van der Waals surface area contributed by atoms with Gasteiger partial charge in [0.2, 0.25) is 0 Å². The largest absolute Gasteiger partial charge is 0.497 e. The molecule has 0 amide bonds. The number of hydrogen-bond donors (Lipinski definition) is 0. The minimum absolute atomic E-state index is 0.0252. The summed E-state index contributed by atoms with van der Waals surface area (Å²) < 4.78 is 12.0. The Balaban J connectivity index is 1.62. The van der Waals surface area contributed by atoms with Gasteiger partial charge in [0.1, 0.15) is 11.5 Å². The number of hydrogen-bond acceptors (Lipinski definition) is 4. The molecule has 0 saturated heterocycles. The molecule has 7 rings (SSSR count). The van der Waals surface area contributed by atoms with Gasteiger partial charge in [-0.05, 0) is 130 Å². The molecule has 7 aromatic carbocycles. The molecule has 0 aliphatic heterocycles. The molecule has 0 aliphatic rings. The van der Waals surface area contributed by atoms with E-state index < -0.39 is 0 Å². The van der Waals surface area contributed by atoms with Crippen LogP contribution in [0.25, 0.3) is 21.5 Å². The van der Waals surface area contributed by atoms with Gasteiger partial charge in [0.15, 0.2) is 0 Å². The number of benzene rings is 7. The Kier molecular flexibility index (Phi) is 11.1. The quantitative estimate of drug-likeness (QED) is 0.0970. The summed E-state index contributed by atoms with van der Waals surface area (Å²) in [5.74, 6) is 2.87. The second-order valence-corrected chi connectivity index (χ2v) is 17.2. The minimum atomic E-state index is 0.0252. The fourth-order valence-electron chi connectivity index (χ4n) is 7.83. The van der Waals surface area contributed by atoms with Gasteiger partial charge in [0.05, 0.1) is 25.6 Å². The van der Waals surface area contributed by atoms with E-state index in [-0.39, 0.29) is 5.41 Å². The van der Waals surface area contributed by atoms with Crippen molar-refractivity contribution in [1.29, 1.82) is 0 Å². The van der Waals surface area contributed by atoms with Crippen LogP contribution >= 0.6 is 0 Å². The number of fused-ring (bicyclic) bond motifs is 2. The molecule has 0 bridgehead atoms. The molecular formula is C53H58N2O2.